The summed E-state index contributed by atoms with van der Waals surface area (Å²) in [6, 6.07) is 3.01. The van der Waals surface area contributed by atoms with E-state index in [1.165, 1.54) is 18.9 Å². The van der Waals surface area contributed by atoms with Crippen LogP contribution in [0, 0.1) is 5.82 Å². The molecule has 0 radical (unpaired) electrons. The van der Waals surface area contributed by atoms with Crippen LogP contribution in [0.4, 0.5) is 15.8 Å². The average molecular weight is 254 g/mol. The van der Waals surface area contributed by atoms with Gasteiger partial charge in [0.2, 0.25) is 0 Å². The van der Waals surface area contributed by atoms with E-state index in [4.69, 9.17) is 10.5 Å². The summed E-state index contributed by atoms with van der Waals surface area (Å²) in [6.07, 6.45) is 3.47. The summed E-state index contributed by atoms with van der Waals surface area (Å²) in [5.74, 6) is -0.135. The number of nitrogens with zero attached hydrogens (tertiary/aromatic N) is 1. The molecule has 0 aliphatic carbocycles. The summed E-state index contributed by atoms with van der Waals surface area (Å²) in [5.41, 5.74) is 7.14. The van der Waals surface area contributed by atoms with Crippen molar-refractivity contribution in [2.24, 2.45) is 0 Å². The molecule has 0 fully saturated rings. The van der Waals surface area contributed by atoms with Crippen molar-refractivity contribution in [2.45, 2.75) is 33.1 Å². The first-order chi connectivity index (χ1) is 8.60. The van der Waals surface area contributed by atoms with E-state index in [2.05, 4.69) is 6.92 Å². The van der Waals surface area contributed by atoms with Crippen LogP contribution in [-0.2, 0) is 0 Å². The van der Waals surface area contributed by atoms with Gasteiger partial charge in [-0.25, -0.2) is 4.39 Å². The molecule has 1 rings (SSSR count). The second-order valence-corrected chi connectivity index (χ2v) is 4.40. The maximum absolute atomic E-state index is 13.6. The molecule has 0 bridgehead atoms. The highest BCUT2D eigenvalue weighted by Gasteiger charge is 2.11. The fourth-order valence-electron chi connectivity index (χ4n) is 1.87. The number of hydrogen-bond acceptors (Lipinski definition) is 3. The predicted molar refractivity (Wildman–Crippen MR) is 74.8 cm³/mol. The highest BCUT2D eigenvalue weighted by Crippen LogP contribution is 2.30. The molecule has 2 N–H and O–H groups in total. The lowest BCUT2D eigenvalue weighted by atomic mass is 10.2. The molecule has 1 aromatic rings. The van der Waals surface area contributed by atoms with E-state index >= 15 is 0 Å². The summed E-state index contributed by atoms with van der Waals surface area (Å²) < 4.78 is 18.8. The van der Waals surface area contributed by atoms with Crippen LogP contribution in [0.15, 0.2) is 12.1 Å². The minimum absolute atomic E-state index is 0.268. The molecule has 0 saturated carbocycles. The Morgan fingerprint density at radius 3 is 2.61 bits per heavy atom. The Morgan fingerprint density at radius 2 is 2.00 bits per heavy atom. The van der Waals surface area contributed by atoms with Gasteiger partial charge in [-0.2, -0.15) is 0 Å². The van der Waals surface area contributed by atoms with Gasteiger partial charge >= 0.3 is 0 Å². The van der Waals surface area contributed by atoms with Gasteiger partial charge in [-0.15, -0.1) is 0 Å². The van der Waals surface area contributed by atoms with Crippen LogP contribution in [-0.4, -0.2) is 20.2 Å². The van der Waals surface area contributed by atoms with Gasteiger partial charge in [-0.3, -0.25) is 0 Å². The van der Waals surface area contributed by atoms with Crippen LogP contribution < -0.4 is 15.4 Å². The molecule has 1 aromatic carbocycles. The highest BCUT2D eigenvalue weighted by molar-refractivity contribution is 5.69. The molecule has 0 spiro atoms. The van der Waals surface area contributed by atoms with Crippen molar-refractivity contribution in [2.75, 3.05) is 30.8 Å². The topological polar surface area (TPSA) is 38.5 Å². The van der Waals surface area contributed by atoms with Crippen molar-refractivity contribution in [3.63, 3.8) is 0 Å². The third-order valence-corrected chi connectivity index (χ3v) is 2.89. The third kappa shape index (κ3) is 3.79. The van der Waals surface area contributed by atoms with Gasteiger partial charge in [-0.05, 0) is 13.3 Å². The summed E-state index contributed by atoms with van der Waals surface area (Å²) in [4.78, 5) is 2.05. The first-order valence-corrected chi connectivity index (χ1v) is 6.53. The van der Waals surface area contributed by atoms with Crippen LogP contribution in [0.2, 0.25) is 0 Å². The summed E-state index contributed by atoms with van der Waals surface area (Å²) in [5, 5.41) is 0. The van der Waals surface area contributed by atoms with Crippen LogP contribution in [0.3, 0.4) is 0 Å². The number of anilines is 2. The van der Waals surface area contributed by atoms with Crippen LogP contribution in [0.25, 0.3) is 0 Å². The van der Waals surface area contributed by atoms with Crippen molar-refractivity contribution in [3.05, 3.63) is 17.9 Å². The van der Waals surface area contributed by atoms with Gasteiger partial charge in [0, 0.05) is 25.7 Å². The van der Waals surface area contributed by atoms with E-state index in [9.17, 15) is 4.39 Å². The number of halogens is 1. The Hall–Kier alpha value is -1.45. The lowest BCUT2D eigenvalue weighted by Gasteiger charge is -2.22. The van der Waals surface area contributed by atoms with E-state index in [0.29, 0.717) is 12.3 Å². The monoisotopic (exact) mass is 254 g/mol. The van der Waals surface area contributed by atoms with Gasteiger partial charge in [0.15, 0.2) is 11.6 Å². The molecule has 0 aliphatic rings. The van der Waals surface area contributed by atoms with Crippen LogP contribution in [0.5, 0.6) is 5.75 Å². The number of nitrogens with two attached hydrogens (primary N) is 1. The minimum atomic E-state index is -0.403. The number of rotatable bonds is 7. The molecule has 102 valence electrons. The predicted octanol–water partition coefficient (Wildman–Crippen LogP) is 3.43. The summed E-state index contributed by atoms with van der Waals surface area (Å²) in [6.45, 7) is 5.36. The number of benzene rings is 1. The molecular weight excluding hydrogens is 231 g/mol. The number of nitrogen functional groups attached to an aromatic ring is 1. The molecule has 18 heavy (non-hydrogen) atoms. The Morgan fingerprint density at radius 1 is 1.28 bits per heavy atom. The molecule has 3 nitrogen and oxygen atoms in total. The zero-order valence-corrected chi connectivity index (χ0v) is 11.5. The lowest BCUT2D eigenvalue weighted by molar-refractivity contribution is 0.322. The maximum atomic E-state index is 13.6. The van der Waals surface area contributed by atoms with E-state index in [0.717, 1.165) is 18.7 Å². The normalized spacial score (nSPS) is 10.4. The average Bonchev–Trinajstić information content (AvgIpc) is 2.33. The Balaban J connectivity index is 2.83. The fraction of sp³-hybridized carbons (Fsp3) is 0.571. The van der Waals surface area contributed by atoms with Crippen molar-refractivity contribution >= 4 is 11.4 Å². The van der Waals surface area contributed by atoms with Crippen LogP contribution in [0.1, 0.15) is 33.1 Å². The Labute approximate surface area is 109 Å². The maximum Gasteiger partial charge on any atom is 0.167 e. The third-order valence-electron chi connectivity index (χ3n) is 2.89. The van der Waals surface area contributed by atoms with Crippen molar-refractivity contribution in [1.29, 1.82) is 0 Å². The number of hydrogen-bond donors (Lipinski definition) is 1. The Bertz CT molecular complexity index is 382. The smallest absolute Gasteiger partial charge is 0.167 e. The van der Waals surface area contributed by atoms with Crippen molar-refractivity contribution < 1.29 is 9.13 Å². The molecule has 0 heterocycles. The fourth-order valence-corrected chi connectivity index (χ4v) is 1.87. The first kappa shape index (κ1) is 14.6. The highest BCUT2D eigenvalue weighted by atomic mass is 19.1. The molecule has 0 atom stereocenters. The van der Waals surface area contributed by atoms with Gasteiger partial charge in [0.25, 0.3) is 0 Å². The van der Waals surface area contributed by atoms with E-state index < -0.39 is 5.82 Å². The molecule has 0 unspecified atom stereocenters. The van der Waals surface area contributed by atoms with E-state index in [1.54, 1.807) is 6.07 Å². The first-order valence-electron chi connectivity index (χ1n) is 6.53. The van der Waals surface area contributed by atoms with Gasteiger partial charge in [0.1, 0.15) is 0 Å². The van der Waals surface area contributed by atoms with Crippen LogP contribution >= 0.6 is 0 Å². The molecule has 0 aromatic heterocycles. The van der Waals surface area contributed by atoms with Gasteiger partial charge in [-0.1, -0.05) is 19.8 Å². The lowest BCUT2D eigenvalue weighted by Crippen LogP contribution is -2.20. The molecule has 0 aliphatic heterocycles. The molecular formula is C14H23FN2O. The Kier molecular flexibility index (Phi) is 5.75. The zero-order valence-electron chi connectivity index (χ0n) is 11.5. The summed E-state index contributed by atoms with van der Waals surface area (Å²) in [7, 11) is 1.97. The van der Waals surface area contributed by atoms with Gasteiger partial charge < -0.3 is 15.4 Å². The summed E-state index contributed by atoms with van der Waals surface area (Å²) >= 11 is 0. The number of unbranched alkanes of at least 4 members (excludes halogenated alkanes) is 2. The van der Waals surface area contributed by atoms with E-state index in [-0.39, 0.29) is 5.75 Å². The van der Waals surface area contributed by atoms with Crippen molar-refractivity contribution in [3.8, 4) is 5.75 Å². The second kappa shape index (κ2) is 7.09. The largest absolute Gasteiger partial charge is 0.491 e. The molecule has 0 saturated heterocycles. The van der Waals surface area contributed by atoms with E-state index in [1.807, 2.05) is 18.9 Å². The standard InChI is InChI=1S/C14H23FN2O/c1-4-6-7-8-17(3)13-10-14(18-5-2)11(15)9-12(13)16/h9-10H,4-8,16H2,1-3H3. The molecule has 4 heteroatoms. The van der Waals surface area contributed by atoms with Gasteiger partial charge in [0.05, 0.1) is 18.0 Å². The SMILES string of the molecule is CCCCCN(C)c1cc(OCC)c(F)cc1N. The quantitative estimate of drug-likeness (QED) is 0.598. The minimum Gasteiger partial charge on any atom is -0.491 e. The zero-order chi connectivity index (χ0) is 13.5. The second-order valence-electron chi connectivity index (χ2n) is 4.40. The number of ether oxygens (including phenoxy) is 1. The molecule has 0 amide bonds. The van der Waals surface area contributed by atoms with Crippen molar-refractivity contribution in [1.82, 2.24) is 0 Å².